The summed E-state index contributed by atoms with van der Waals surface area (Å²) >= 11 is 0. The highest BCUT2D eigenvalue weighted by atomic mass is 16.7. The number of hydrogen-bond acceptors (Lipinski definition) is 7. The molecule has 2 saturated carbocycles. The second-order valence-corrected chi connectivity index (χ2v) is 13.6. The molecule has 212 valence electrons. The van der Waals surface area contributed by atoms with Gasteiger partial charge >= 0.3 is 5.97 Å². The first kappa shape index (κ1) is 26.0. The lowest BCUT2D eigenvalue weighted by molar-refractivity contribution is -0.401. The van der Waals surface area contributed by atoms with Crippen molar-refractivity contribution >= 4 is 5.97 Å². The molecule has 0 amide bonds. The summed E-state index contributed by atoms with van der Waals surface area (Å²) in [5.74, 6) is -1.31. The van der Waals surface area contributed by atoms with Gasteiger partial charge in [-0.3, -0.25) is 0 Å². The zero-order valence-corrected chi connectivity index (χ0v) is 23.8. The van der Waals surface area contributed by atoms with E-state index in [2.05, 4.69) is 36.0 Å². The summed E-state index contributed by atoms with van der Waals surface area (Å²) in [5, 5.41) is 23.8. The number of aliphatic hydroxyl groups is 2. The molecular formula is C31H42N2O6. The molecule has 8 heteroatoms. The Balaban J connectivity index is 1.33. The molecule has 5 fully saturated rings. The van der Waals surface area contributed by atoms with Gasteiger partial charge in [-0.2, -0.15) is 0 Å². The van der Waals surface area contributed by atoms with Gasteiger partial charge in [0.15, 0.2) is 5.79 Å². The third-order valence-corrected chi connectivity index (χ3v) is 11.7. The van der Waals surface area contributed by atoms with Crippen LogP contribution < -0.4 is 0 Å². The van der Waals surface area contributed by atoms with Gasteiger partial charge in [0.05, 0.1) is 18.3 Å². The molecule has 4 bridgehead atoms. The van der Waals surface area contributed by atoms with Crippen LogP contribution in [0.1, 0.15) is 74.0 Å². The second-order valence-electron chi connectivity index (χ2n) is 13.6. The number of allylic oxidation sites excluding steroid dienone is 1. The van der Waals surface area contributed by atoms with Crippen molar-refractivity contribution < 1.29 is 29.2 Å². The number of nitrogens with zero attached hydrogens (tertiary/aromatic N) is 1. The van der Waals surface area contributed by atoms with Gasteiger partial charge in [0.25, 0.3) is 0 Å². The maximum absolute atomic E-state index is 13.3. The summed E-state index contributed by atoms with van der Waals surface area (Å²) < 4.78 is 19.9. The van der Waals surface area contributed by atoms with Crippen molar-refractivity contribution in [3.63, 3.8) is 0 Å². The van der Waals surface area contributed by atoms with E-state index in [9.17, 15) is 15.0 Å². The summed E-state index contributed by atoms with van der Waals surface area (Å²) in [5.41, 5.74) is 1.65. The Hall–Kier alpha value is -1.97. The first-order valence-corrected chi connectivity index (χ1v) is 14.6. The number of aromatic nitrogens is 1. The Kier molecular flexibility index (Phi) is 5.37. The highest BCUT2D eigenvalue weighted by molar-refractivity contribution is 5.92. The van der Waals surface area contributed by atoms with Crippen LogP contribution in [0.5, 0.6) is 0 Å². The topological polar surface area (TPSA) is 104 Å². The van der Waals surface area contributed by atoms with E-state index in [0.717, 1.165) is 41.8 Å². The maximum Gasteiger partial charge on any atom is 0.340 e. The number of aliphatic hydroxyl groups excluding tert-OH is 1. The fraction of sp³-hybridized carbons (Fsp3) is 0.710. The van der Waals surface area contributed by atoms with Crippen LogP contribution in [0.2, 0.25) is 0 Å². The summed E-state index contributed by atoms with van der Waals surface area (Å²) in [7, 11) is 2.10. The molecule has 4 unspecified atom stereocenters. The normalized spacial score (nSPS) is 45.4. The average Bonchev–Trinajstić information content (AvgIpc) is 3.31. The largest absolute Gasteiger partial charge is 0.454 e. The number of H-pyrrole nitrogens is 1. The summed E-state index contributed by atoms with van der Waals surface area (Å²) in [4.78, 5) is 18.7. The summed E-state index contributed by atoms with van der Waals surface area (Å²) in [6.45, 7) is 10.0. The fourth-order valence-corrected chi connectivity index (χ4v) is 9.86. The molecular weight excluding hydrogens is 496 g/mol. The number of carbonyl (C=O) groups is 1. The van der Waals surface area contributed by atoms with Gasteiger partial charge in [0, 0.05) is 48.7 Å². The maximum atomic E-state index is 13.3. The van der Waals surface area contributed by atoms with Crippen LogP contribution in [0.25, 0.3) is 0 Å². The lowest BCUT2D eigenvalue weighted by atomic mass is 9.41. The minimum atomic E-state index is -1.22. The molecule has 3 N–H and O–H groups in total. The van der Waals surface area contributed by atoms with E-state index >= 15 is 0 Å². The molecule has 7 aliphatic rings. The molecule has 8 nitrogen and oxygen atoms in total. The number of hydrogen-bond donors (Lipinski definition) is 3. The van der Waals surface area contributed by atoms with E-state index in [4.69, 9.17) is 14.2 Å². The van der Waals surface area contributed by atoms with Gasteiger partial charge in [0.1, 0.15) is 17.3 Å². The number of ether oxygens (including phenoxy) is 3. The zero-order chi connectivity index (χ0) is 27.6. The molecule has 39 heavy (non-hydrogen) atoms. The first-order chi connectivity index (χ1) is 18.4. The van der Waals surface area contributed by atoms with E-state index in [1.165, 1.54) is 0 Å². The molecule has 0 aromatic carbocycles. The van der Waals surface area contributed by atoms with Crippen LogP contribution in [-0.2, 0) is 14.2 Å². The Bertz CT molecular complexity index is 1280. The van der Waals surface area contributed by atoms with Crippen LogP contribution in [0.3, 0.4) is 0 Å². The molecule has 8 rings (SSSR count). The fourth-order valence-electron chi connectivity index (χ4n) is 9.86. The lowest BCUT2D eigenvalue weighted by Gasteiger charge is -2.73. The number of aryl methyl sites for hydroxylation is 2. The van der Waals surface area contributed by atoms with Crippen molar-refractivity contribution in [1.29, 1.82) is 0 Å². The summed E-state index contributed by atoms with van der Waals surface area (Å²) in [6, 6.07) is 0. The number of esters is 1. The van der Waals surface area contributed by atoms with E-state index in [1.54, 1.807) is 0 Å². The standard InChI is InChI=1S/C31H42N2O6/c1-18-16-32-19(2)25(18)26(35)38-20(3)22-8-9-30-23-7-6-21-14-29(36)11-10-27(21,4)31(23,39-29)24(34)15-28(22,30)17-33(5)12-13-37-30/h7-8,16,20-21,24,32,34,36H,6,9-15,17H2,1-5H3/t20?,21-,24?,27+,28?,29+,30+,31?/m1/s1. The molecule has 4 heterocycles. The van der Waals surface area contributed by atoms with Crippen LogP contribution in [-0.4, -0.2) is 82.0 Å². The Morgan fingerprint density at radius 1 is 1.26 bits per heavy atom. The lowest BCUT2D eigenvalue weighted by Crippen LogP contribution is -2.79. The molecule has 3 aliphatic heterocycles. The zero-order valence-electron chi connectivity index (χ0n) is 23.8. The van der Waals surface area contributed by atoms with E-state index in [-0.39, 0.29) is 17.3 Å². The van der Waals surface area contributed by atoms with E-state index in [1.807, 2.05) is 27.0 Å². The van der Waals surface area contributed by atoms with Crippen molar-refractivity contribution in [2.45, 2.75) is 95.4 Å². The molecule has 1 spiro atoms. The molecule has 0 radical (unpaired) electrons. The van der Waals surface area contributed by atoms with Crippen LogP contribution in [0.15, 0.2) is 29.5 Å². The quantitative estimate of drug-likeness (QED) is 0.399. The van der Waals surface area contributed by atoms with Crippen molar-refractivity contribution in [3.8, 4) is 0 Å². The minimum Gasteiger partial charge on any atom is -0.454 e. The van der Waals surface area contributed by atoms with Gasteiger partial charge in [-0.15, -0.1) is 0 Å². The second kappa shape index (κ2) is 8.07. The van der Waals surface area contributed by atoms with Gasteiger partial charge < -0.3 is 34.3 Å². The third-order valence-electron chi connectivity index (χ3n) is 11.7. The van der Waals surface area contributed by atoms with E-state index in [0.29, 0.717) is 44.4 Å². The monoisotopic (exact) mass is 538 g/mol. The van der Waals surface area contributed by atoms with Gasteiger partial charge in [-0.25, -0.2) is 4.79 Å². The average molecular weight is 539 g/mol. The molecule has 1 aromatic rings. The smallest absolute Gasteiger partial charge is 0.340 e. The Morgan fingerprint density at radius 3 is 2.79 bits per heavy atom. The number of likely N-dealkylation sites (N-methyl/N-ethyl adjacent to an activating group) is 1. The highest BCUT2D eigenvalue weighted by Crippen LogP contribution is 2.74. The highest BCUT2D eigenvalue weighted by Gasteiger charge is 2.79. The van der Waals surface area contributed by atoms with Crippen molar-refractivity contribution in [2.75, 3.05) is 26.7 Å². The number of carbonyl (C=O) groups excluding carboxylic acids is 1. The first-order valence-electron chi connectivity index (χ1n) is 14.6. The van der Waals surface area contributed by atoms with Gasteiger partial charge in [0.2, 0.25) is 0 Å². The van der Waals surface area contributed by atoms with Crippen LogP contribution in [0, 0.1) is 30.6 Å². The van der Waals surface area contributed by atoms with Crippen molar-refractivity contribution in [2.24, 2.45) is 16.7 Å². The number of fused-ring (bicyclic) bond motifs is 1. The molecule has 4 aliphatic carbocycles. The molecule has 3 saturated heterocycles. The van der Waals surface area contributed by atoms with Crippen molar-refractivity contribution in [1.82, 2.24) is 9.88 Å². The Labute approximate surface area is 230 Å². The number of aromatic amines is 1. The van der Waals surface area contributed by atoms with Crippen LogP contribution in [0.4, 0.5) is 0 Å². The van der Waals surface area contributed by atoms with Crippen molar-refractivity contribution in [3.05, 3.63) is 46.3 Å². The Morgan fingerprint density at radius 2 is 2.05 bits per heavy atom. The SMILES string of the molecule is Cc1c[nH]c(C)c1C(=O)OC(C)C1=CC[C@@]23OCCN(C)CC12CC(O)C12O[C@@]4(O)CC[C@@]1(C)[C@H](CC=C23)C4. The number of nitrogens with one attached hydrogen (secondary N) is 1. The number of rotatable bonds is 3. The molecule has 8 atom stereocenters. The molecule has 1 aromatic heterocycles. The summed E-state index contributed by atoms with van der Waals surface area (Å²) in [6.07, 6.45) is 8.89. The minimum absolute atomic E-state index is 0.252. The predicted molar refractivity (Wildman–Crippen MR) is 144 cm³/mol. The van der Waals surface area contributed by atoms with Gasteiger partial charge in [-0.05, 0) is 76.1 Å². The van der Waals surface area contributed by atoms with E-state index < -0.39 is 34.6 Å². The third kappa shape index (κ3) is 3.05. The van der Waals surface area contributed by atoms with Gasteiger partial charge in [-0.1, -0.05) is 19.1 Å². The van der Waals surface area contributed by atoms with Crippen LogP contribution >= 0.6 is 0 Å². The predicted octanol–water partition coefficient (Wildman–Crippen LogP) is 3.55.